The van der Waals surface area contributed by atoms with Crippen molar-refractivity contribution in [2.45, 2.75) is 39.0 Å². The van der Waals surface area contributed by atoms with Crippen molar-refractivity contribution in [3.05, 3.63) is 99.9 Å². The van der Waals surface area contributed by atoms with Gasteiger partial charge in [-0.05, 0) is 67.4 Å². The van der Waals surface area contributed by atoms with E-state index in [4.69, 9.17) is 0 Å². The number of rotatable bonds is 3. The molecule has 0 amide bonds. The first-order valence-corrected chi connectivity index (χ1v) is 10.2. The number of benzene rings is 3. The summed E-state index contributed by atoms with van der Waals surface area (Å²) in [6.07, 6.45) is 3.08. The van der Waals surface area contributed by atoms with Gasteiger partial charge in [0.25, 0.3) is 0 Å². The van der Waals surface area contributed by atoms with Crippen LogP contribution >= 0.6 is 0 Å². The zero-order valence-electron chi connectivity index (χ0n) is 17.2. The Kier molecular flexibility index (Phi) is 5.69. The zero-order chi connectivity index (χ0) is 22.3. The number of hydrogen-bond acceptors (Lipinski definition) is 0. The van der Waals surface area contributed by atoms with E-state index >= 15 is 0 Å². The zero-order valence-corrected chi connectivity index (χ0v) is 17.2. The van der Waals surface area contributed by atoms with E-state index < -0.39 is 40.2 Å². The quantitative estimate of drug-likeness (QED) is 0.293. The van der Waals surface area contributed by atoms with Crippen molar-refractivity contribution in [3.63, 3.8) is 0 Å². The van der Waals surface area contributed by atoms with Crippen molar-refractivity contribution in [1.29, 1.82) is 0 Å². The van der Waals surface area contributed by atoms with Gasteiger partial charge < -0.3 is 0 Å². The second-order valence-electron chi connectivity index (χ2n) is 8.08. The van der Waals surface area contributed by atoms with Gasteiger partial charge in [0.05, 0.1) is 11.1 Å². The molecule has 0 saturated carbocycles. The van der Waals surface area contributed by atoms with Crippen LogP contribution in [-0.2, 0) is 0 Å². The average Bonchev–Trinajstić information content (AvgIpc) is 2.76. The van der Waals surface area contributed by atoms with Crippen molar-refractivity contribution in [2.75, 3.05) is 0 Å². The van der Waals surface area contributed by atoms with E-state index in [0.29, 0.717) is 19.3 Å². The lowest BCUT2D eigenvalue weighted by Crippen LogP contribution is -2.10. The molecule has 1 aliphatic rings. The summed E-state index contributed by atoms with van der Waals surface area (Å²) < 4.78 is 73.3. The maximum Gasteiger partial charge on any atom is 0.170 e. The second kappa shape index (κ2) is 8.29. The summed E-state index contributed by atoms with van der Waals surface area (Å²) in [6, 6.07) is 11.5. The Hall–Kier alpha value is -2.95. The average molecular weight is 428 g/mol. The Labute approximate surface area is 178 Å². The van der Waals surface area contributed by atoms with Crippen LogP contribution in [-0.4, -0.2) is 0 Å². The van der Waals surface area contributed by atoms with Gasteiger partial charge in [0.15, 0.2) is 23.3 Å². The molecular weight excluding hydrogens is 407 g/mol. The summed E-state index contributed by atoms with van der Waals surface area (Å²) in [5.74, 6) is -6.46. The molecule has 0 bridgehead atoms. The monoisotopic (exact) mass is 428 g/mol. The summed E-state index contributed by atoms with van der Waals surface area (Å²) >= 11 is 0. The molecule has 1 atom stereocenters. The molecule has 4 rings (SSSR count). The molecule has 3 aromatic carbocycles. The third-order valence-corrected chi connectivity index (χ3v) is 6.00. The van der Waals surface area contributed by atoms with E-state index in [0.717, 1.165) is 17.2 Å². The highest BCUT2D eigenvalue weighted by Gasteiger charge is 2.29. The van der Waals surface area contributed by atoms with E-state index in [-0.39, 0.29) is 22.6 Å². The van der Waals surface area contributed by atoms with Crippen LogP contribution in [0.5, 0.6) is 0 Å². The molecule has 0 spiro atoms. The van der Waals surface area contributed by atoms with Crippen molar-refractivity contribution in [1.82, 2.24) is 0 Å². The van der Waals surface area contributed by atoms with Gasteiger partial charge in [-0.2, -0.15) is 0 Å². The first-order valence-electron chi connectivity index (χ1n) is 10.2. The fourth-order valence-electron chi connectivity index (χ4n) is 4.12. The highest BCUT2D eigenvalue weighted by molar-refractivity contribution is 5.73. The van der Waals surface area contributed by atoms with E-state index in [1.54, 1.807) is 6.08 Å². The lowest BCUT2D eigenvalue weighted by molar-refractivity contribution is 0.452. The predicted molar refractivity (Wildman–Crippen MR) is 112 cm³/mol. The second-order valence-corrected chi connectivity index (χ2v) is 8.08. The molecular formula is C26H21F5. The Morgan fingerprint density at radius 2 is 1.35 bits per heavy atom. The summed E-state index contributed by atoms with van der Waals surface area (Å²) in [5.41, 5.74) is 0.950. The molecule has 160 valence electrons. The van der Waals surface area contributed by atoms with Gasteiger partial charge in [0.1, 0.15) is 5.82 Å². The van der Waals surface area contributed by atoms with Gasteiger partial charge in [0, 0.05) is 0 Å². The minimum atomic E-state index is -1.52. The molecule has 0 heterocycles. The minimum absolute atomic E-state index is 0.181. The maximum atomic E-state index is 14.9. The maximum absolute atomic E-state index is 14.9. The largest absolute Gasteiger partial charge is 0.207 e. The number of aryl methyl sites for hydroxylation is 2. The Morgan fingerprint density at radius 1 is 0.742 bits per heavy atom. The first kappa shape index (κ1) is 21.3. The van der Waals surface area contributed by atoms with Crippen LogP contribution in [0, 0.1) is 42.9 Å². The lowest BCUT2D eigenvalue weighted by atomic mass is 9.82. The molecule has 1 aliphatic carbocycles. The SMILES string of the molecule is Cc1ccc(C2CC=C(c3c(F)c(F)c(-c4ccc(C)c(F)c4)c(F)c3F)CC2)cc1. The van der Waals surface area contributed by atoms with Gasteiger partial charge >= 0.3 is 0 Å². The van der Waals surface area contributed by atoms with Crippen LogP contribution in [0.1, 0.15) is 47.4 Å². The molecule has 0 radical (unpaired) electrons. The number of allylic oxidation sites excluding steroid dienone is 2. The fraction of sp³-hybridized carbons (Fsp3) is 0.231. The van der Waals surface area contributed by atoms with Crippen LogP contribution in [0.3, 0.4) is 0 Å². The Morgan fingerprint density at radius 3 is 1.90 bits per heavy atom. The molecule has 0 aromatic heterocycles. The van der Waals surface area contributed by atoms with Crippen LogP contribution in [0.2, 0.25) is 0 Å². The normalized spacial score (nSPS) is 16.4. The third kappa shape index (κ3) is 3.89. The lowest BCUT2D eigenvalue weighted by Gasteiger charge is -2.24. The summed E-state index contributed by atoms with van der Waals surface area (Å²) in [7, 11) is 0. The van der Waals surface area contributed by atoms with Crippen molar-refractivity contribution in [3.8, 4) is 11.1 Å². The number of hydrogen-bond donors (Lipinski definition) is 0. The van der Waals surface area contributed by atoms with Gasteiger partial charge in [-0.1, -0.05) is 48.0 Å². The predicted octanol–water partition coefficient (Wildman–Crippen LogP) is 8.02. The summed E-state index contributed by atoms with van der Waals surface area (Å²) in [4.78, 5) is 0. The highest BCUT2D eigenvalue weighted by Crippen LogP contribution is 2.41. The molecule has 3 aromatic rings. The van der Waals surface area contributed by atoms with Crippen LogP contribution in [0.15, 0.2) is 48.5 Å². The van der Waals surface area contributed by atoms with Crippen LogP contribution in [0.25, 0.3) is 16.7 Å². The van der Waals surface area contributed by atoms with Gasteiger partial charge in [-0.25, -0.2) is 22.0 Å². The van der Waals surface area contributed by atoms with Gasteiger partial charge in [-0.3, -0.25) is 0 Å². The Bertz CT molecular complexity index is 1150. The van der Waals surface area contributed by atoms with Crippen molar-refractivity contribution in [2.24, 2.45) is 0 Å². The van der Waals surface area contributed by atoms with Gasteiger partial charge in [0.2, 0.25) is 0 Å². The Balaban J connectivity index is 1.71. The minimum Gasteiger partial charge on any atom is -0.207 e. The van der Waals surface area contributed by atoms with Crippen molar-refractivity contribution < 1.29 is 22.0 Å². The molecule has 5 heteroatoms. The molecule has 0 saturated heterocycles. The van der Waals surface area contributed by atoms with Crippen LogP contribution in [0.4, 0.5) is 22.0 Å². The van der Waals surface area contributed by atoms with Crippen molar-refractivity contribution >= 4 is 5.57 Å². The third-order valence-electron chi connectivity index (χ3n) is 6.00. The van der Waals surface area contributed by atoms with E-state index in [1.807, 2.05) is 31.2 Å². The summed E-state index contributed by atoms with van der Waals surface area (Å²) in [5, 5.41) is 0. The van der Waals surface area contributed by atoms with Crippen LogP contribution < -0.4 is 0 Å². The molecule has 0 N–H and O–H groups in total. The summed E-state index contributed by atoms with van der Waals surface area (Å²) in [6.45, 7) is 3.47. The highest BCUT2D eigenvalue weighted by atomic mass is 19.2. The molecule has 0 fully saturated rings. The topological polar surface area (TPSA) is 0 Å². The fourth-order valence-corrected chi connectivity index (χ4v) is 4.12. The van der Waals surface area contributed by atoms with Gasteiger partial charge in [-0.15, -0.1) is 0 Å². The molecule has 0 aliphatic heterocycles. The standard InChI is InChI=1S/C26H21F5/c1-14-3-6-16(7-4-14)17-9-11-18(12-10-17)21-23(28)25(30)22(26(31)24(21)29)19-8-5-15(2)20(27)13-19/h3-8,11,13,17H,9-10,12H2,1-2H3. The van der Waals surface area contributed by atoms with E-state index in [9.17, 15) is 22.0 Å². The van der Waals surface area contributed by atoms with E-state index in [2.05, 4.69) is 0 Å². The van der Waals surface area contributed by atoms with E-state index in [1.165, 1.54) is 19.1 Å². The molecule has 1 unspecified atom stereocenters. The first-order chi connectivity index (χ1) is 14.8. The molecule has 31 heavy (non-hydrogen) atoms. The number of halogens is 5. The smallest absolute Gasteiger partial charge is 0.170 e. The molecule has 0 nitrogen and oxygen atoms in total.